The third kappa shape index (κ3) is 2.56. The number of rotatable bonds is 2. The van der Waals surface area contributed by atoms with Crippen LogP contribution in [0.5, 0.6) is 0 Å². The Bertz CT molecular complexity index is 510. The van der Waals surface area contributed by atoms with Crippen molar-refractivity contribution in [3.8, 4) is 0 Å². The Labute approximate surface area is 144 Å². The summed E-state index contributed by atoms with van der Waals surface area (Å²) in [5.74, 6) is 3.60. The maximum atomic E-state index is 2.71. The number of hydrogen-bond acceptors (Lipinski definition) is 0. The van der Waals surface area contributed by atoms with Crippen LogP contribution in [0.15, 0.2) is 23.3 Å². The number of hydrogen-bond donors (Lipinski definition) is 0. The fraction of sp³-hybridized carbons (Fsp3) is 0.826. The van der Waals surface area contributed by atoms with Gasteiger partial charge >= 0.3 is 0 Å². The zero-order valence-corrected chi connectivity index (χ0v) is 16.4. The van der Waals surface area contributed by atoms with Crippen molar-refractivity contribution >= 4 is 0 Å². The summed E-state index contributed by atoms with van der Waals surface area (Å²) in [5, 5.41) is 0. The van der Waals surface area contributed by atoms with Gasteiger partial charge in [-0.15, -0.1) is 0 Å². The van der Waals surface area contributed by atoms with Gasteiger partial charge in [0.05, 0.1) is 0 Å². The molecule has 130 valence electrons. The summed E-state index contributed by atoms with van der Waals surface area (Å²) < 4.78 is 0. The van der Waals surface area contributed by atoms with Crippen LogP contribution in [0.25, 0.3) is 0 Å². The van der Waals surface area contributed by atoms with Crippen LogP contribution in [0.3, 0.4) is 0 Å². The van der Waals surface area contributed by atoms with Gasteiger partial charge in [0.1, 0.15) is 0 Å². The van der Waals surface area contributed by atoms with Crippen LogP contribution in [0, 0.1) is 34.5 Å². The molecule has 3 aliphatic rings. The summed E-state index contributed by atoms with van der Waals surface area (Å²) >= 11 is 0. The quantitative estimate of drug-likeness (QED) is 0.474. The first-order valence-electron chi connectivity index (χ1n) is 10.2. The van der Waals surface area contributed by atoms with E-state index >= 15 is 0 Å². The molecule has 0 heteroatoms. The molecule has 0 aliphatic heterocycles. The SMILES string of the molecule is C/C=C(/C)C1(C)CC=C2C(CCC3CC(C)CCC23C)C1CC. The second-order valence-electron chi connectivity index (χ2n) is 9.45. The summed E-state index contributed by atoms with van der Waals surface area (Å²) in [7, 11) is 0. The van der Waals surface area contributed by atoms with Crippen molar-refractivity contribution in [3.05, 3.63) is 23.3 Å². The van der Waals surface area contributed by atoms with Gasteiger partial charge in [-0.05, 0) is 86.9 Å². The molecule has 0 aromatic carbocycles. The van der Waals surface area contributed by atoms with Gasteiger partial charge in [-0.3, -0.25) is 0 Å². The summed E-state index contributed by atoms with van der Waals surface area (Å²) in [6.07, 6.45) is 15.0. The molecule has 0 aromatic rings. The minimum Gasteiger partial charge on any atom is -0.0882 e. The van der Waals surface area contributed by atoms with E-state index in [2.05, 4.69) is 53.7 Å². The topological polar surface area (TPSA) is 0 Å². The number of allylic oxidation sites excluding steroid dienone is 4. The van der Waals surface area contributed by atoms with Gasteiger partial charge in [0.15, 0.2) is 0 Å². The average Bonchev–Trinajstić information content (AvgIpc) is 2.54. The highest BCUT2D eigenvalue weighted by Gasteiger charge is 2.52. The van der Waals surface area contributed by atoms with Crippen molar-refractivity contribution < 1.29 is 0 Å². The fourth-order valence-electron chi connectivity index (χ4n) is 6.63. The van der Waals surface area contributed by atoms with Crippen LogP contribution >= 0.6 is 0 Å². The Morgan fingerprint density at radius 2 is 2.00 bits per heavy atom. The zero-order chi connectivity index (χ0) is 16.8. The highest BCUT2D eigenvalue weighted by atomic mass is 14.6. The van der Waals surface area contributed by atoms with Crippen molar-refractivity contribution in [1.82, 2.24) is 0 Å². The van der Waals surface area contributed by atoms with Crippen molar-refractivity contribution in [1.29, 1.82) is 0 Å². The third-order valence-corrected chi connectivity index (χ3v) is 8.45. The highest BCUT2D eigenvalue weighted by molar-refractivity contribution is 5.31. The van der Waals surface area contributed by atoms with E-state index in [1.54, 1.807) is 5.57 Å². The third-order valence-electron chi connectivity index (χ3n) is 8.45. The molecule has 23 heavy (non-hydrogen) atoms. The molecule has 0 heterocycles. The van der Waals surface area contributed by atoms with Crippen molar-refractivity contribution in [2.24, 2.45) is 34.5 Å². The summed E-state index contributed by atoms with van der Waals surface area (Å²) in [6, 6.07) is 0. The summed E-state index contributed by atoms with van der Waals surface area (Å²) in [5.41, 5.74) is 4.41. The molecule has 0 amide bonds. The van der Waals surface area contributed by atoms with Gasteiger partial charge in [-0.25, -0.2) is 0 Å². The molecule has 2 fully saturated rings. The smallest absolute Gasteiger partial charge is 0.00509 e. The Balaban J connectivity index is 1.98. The van der Waals surface area contributed by atoms with E-state index in [0.29, 0.717) is 10.8 Å². The molecule has 6 atom stereocenters. The van der Waals surface area contributed by atoms with E-state index in [4.69, 9.17) is 0 Å². The molecule has 0 nitrogen and oxygen atoms in total. The molecular formula is C23H38. The molecule has 3 aliphatic carbocycles. The van der Waals surface area contributed by atoms with E-state index in [-0.39, 0.29) is 0 Å². The van der Waals surface area contributed by atoms with Crippen LogP contribution < -0.4 is 0 Å². The van der Waals surface area contributed by atoms with E-state index in [0.717, 1.165) is 23.7 Å². The van der Waals surface area contributed by atoms with Gasteiger partial charge in [0.25, 0.3) is 0 Å². The summed E-state index contributed by atoms with van der Waals surface area (Å²) in [4.78, 5) is 0. The average molecular weight is 315 g/mol. The van der Waals surface area contributed by atoms with Crippen molar-refractivity contribution in [2.45, 2.75) is 86.5 Å². The predicted molar refractivity (Wildman–Crippen MR) is 101 cm³/mol. The van der Waals surface area contributed by atoms with E-state index < -0.39 is 0 Å². The Kier molecular flexibility index (Phi) is 4.58. The molecule has 0 N–H and O–H groups in total. The Morgan fingerprint density at radius 1 is 1.26 bits per heavy atom. The molecule has 2 saturated carbocycles. The maximum absolute atomic E-state index is 2.71. The van der Waals surface area contributed by atoms with Gasteiger partial charge in [-0.1, -0.05) is 57.4 Å². The normalized spacial score (nSPS) is 47.6. The lowest BCUT2D eigenvalue weighted by Crippen LogP contribution is -2.48. The van der Waals surface area contributed by atoms with Crippen LogP contribution in [0.2, 0.25) is 0 Å². The molecule has 6 unspecified atom stereocenters. The molecule has 0 aromatic heterocycles. The van der Waals surface area contributed by atoms with Crippen molar-refractivity contribution in [2.75, 3.05) is 0 Å². The first kappa shape index (κ1) is 17.3. The van der Waals surface area contributed by atoms with Gasteiger partial charge < -0.3 is 0 Å². The minimum atomic E-state index is 0.392. The molecular weight excluding hydrogens is 276 g/mol. The number of fused-ring (bicyclic) bond motifs is 3. The van der Waals surface area contributed by atoms with Crippen molar-refractivity contribution in [3.63, 3.8) is 0 Å². The second kappa shape index (κ2) is 6.08. The second-order valence-corrected chi connectivity index (χ2v) is 9.45. The van der Waals surface area contributed by atoms with E-state index in [1.165, 1.54) is 44.9 Å². The molecule has 0 saturated heterocycles. The first-order valence-corrected chi connectivity index (χ1v) is 10.2. The predicted octanol–water partition coefficient (Wildman–Crippen LogP) is 7.17. The van der Waals surface area contributed by atoms with Crippen LogP contribution in [-0.4, -0.2) is 0 Å². The zero-order valence-electron chi connectivity index (χ0n) is 16.4. The fourth-order valence-corrected chi connectivity index (χ4v) is 6.63. The Morgan fingerprint density at radius 3 is 2.65 bits per heavy atom. The highest BCUT2D eigenvalue weighted by Crippen LogP contribution is 2.62. The van der Waals surface area contributed by atoms with Crippen LogP contribution in [0.1, 0.15) is 86.5 Å². The molecule has 0 bridgehead atoms. The monoisotopic (exact) mass is 314 g/mol. The molecule has 3 rings (SSSR count). The first-order chi connectivity index (χ1) is 10.9. The lowest BCUT2D eigenvalue weighted by atomic mass is 9.47. The molecule has 0 radical (unpaired) electrons. The lowest BCUT2D eigenvalue weighted by molar-refractivity contribution is 0.0273. The minimum absolute atomic E-state index is 0.392. The van der Waals surface area contributed by atoms with E-state index in [1.807, 2.05) is 5.57 Å². The maximum Gasteiger partial charge on any atom is -0.00509 e. The lowest BCUT2D eigenvalue weighted by Gasteiger charge is -2.57. The van der Waals surface area contributed by atoms with E-state index in [9.17, 15) is 0 Å². The van der Waals surface area contributed by atoms with Crippen LogP contribution in [-0.2, 0) is 0 Å². The van der Waals surface area contributed by atoms with Gasteiger partial charge in [0.2, 0.25) is 0 Å². The summed E-state index contributed by atoms with van der Waals surface area (Å²) in [6.45, 7) is 14.7. The van der Waals surface area contributed by atoms with Gasteiger partial charge in [-0.2, -0.15) is 0 Å². The van der Waals surface area contributed by atoms with Gasteiger partial charge in [0, 0.05) is 0 Å². The van der Waals surface area contributed by atoms with Crippen LogP contribution in [0.4, 0.5) is 0 Å². The largest absolute Gasteiger partial charge is 0.0882 e. The Hall–Kier alpha value is -0.520. The molecule has 0 spiro atoms. The standard InChI is InChI=1S/C23H38/c1-7-17(4)22(5)14-12-21-19(20(22)8-2)10-9-18-15-16(3)11-13-23(18,21)6/h7,12,16,18-20H,8-11,13-15H2,1-6H3/b17-7-.